The Kier molecular flexibility index (Phi) is 4.72. The molecule has 0 unspecified atom stereocenters. The zero-order chi connectivity index (χ0) is 14.8. The molecule has 20 heavy (non-hydrogen) atoms. The lowest BCUT2D eigenvalue weighted by Crippen LogP contribution is -2.30. The van der Waals surface area contributed by atoms with E-state index in [1.165, 1.54) is 12.3 Å². The SMILES string of the molecule is CCOC(=O)c1cc(S(=O)(=O)Cl)cn1C1CCNCC1. The van der Waals surface area contributed by atoms with Gasteiger partial charge in [0.1, 0.15) is 10.6 Å². The molecule has 0 spiro atoms. The lowest BCUT2D eigenvalue weighted by atomic mass is 10.1. The summed E-state index contributed by atoms with van der Waals surface area (Å²) in [6.07, 6.45) is 3.07. The van der Waals surface area contributed by atoms with Crippen LogP contribution in [-0.2, 0) is 13.8 Å². The van der Waals surface area contributed by atoms with Gasteiger partial charge < -0.3 is 14.6 Å². The maximum Gasteiger partial charge on any atom is 0.354 e. The van der Waals surface area contributed by atoms with Gasteiger partial charge in [-0.15, -0.1) is 0 Å². The Bertz CT molecular complexity index is 591. The second-order valence-corrected chi connectivity index (χ2v) is 7.17. The minimum absolute atomic E-state index is 0.0687. The minimum atomic E-state index is -3.86. The number of hydrogen-bond acceptors (Lipinski definition) is 5. The van der Waals surface area contributed by atoms with Gasteiger partial charge in [0.25, 0.3) is 9.05 Å². The average Bonchev–Trinajstić information content (AvgIpc) is 2.85. The van der Waals surface area contributed by atoms with Crippen LogP contribution >= 0.6 is 10.7 Å². The number of nitrogens with zero attached hydrogens (tertiary/aromatic N) is 1. The van der Waals surface area contributed by atoms with E-state index in [0.717, 1.165) is 25.9 Å². The van der Waals surface area contributed by atoms with Gasteiger partial charge in [0, 0.05) is 22.9 Å². The molecule has 1 fully saturated rings. The fourth-order valence-corrected chi connectivity index (χ4v) is 3.09. The largest absolute Gasteiger partial charge is 0.461 e. The van der Waals surface area contributed by atoms with E-state index >= 15 is 0 Å². The van der Waals surface area contributed by atoms with E-state index in [2.05, 4.69) is 5.32 Å². The number of esters is 1. The molecular formula is C12H17ClN2O4S. The van der Waals surface area contributed by atoms with Gasteiger partial charge >= 0.3 is 5.97 Å². The molecule has 2 rings (SSSR count). The van der Waals surface area contributed by atoms with E-state index < -0.39 is 15.0 Å². The highest BCUT2D eigenvalue weighted by Crippen LogP contribution is 2.26. The number of hydrogen-bond donors (Lipinski definition) is 1. The third kappa shape index (κ3) is 3.34. The zero-order valence-electron chi connectivity index (χ0n) is 11.1. The number of piperidine rings is 1. The molecule has 6 nitrogen and oxygen atoms in total. The molecule has 1 N–H and O–H groups in total. The van der Waals surface area contributed by atoms with Gasteiger partial charge in [-0.1, -0.05) is 0 Å². The molecule has 0 aliphatic carbocycles. The predicted octanol–water partition coefficient (Wildman–Crippen LogP) is 1.52. The van der Waals surface area contributed by atoms with Crippen molar-refractivity contribution in [1.82, 2.24) is 9.88 Å². The molecule has 8 heteroatoms. The number of carbonyl (C=O) groups excluding carboxylic acids is 1. The van der Waals surface area contributed by atoms with Crippen LogP contribution in [0.15, 0.2) is 17.2 Å². The number of ether oxygens (including phenoxy) is 1. The van der Waals surface area contributed by atoms with Crippen LogP contribution in [0.4, 0.5) is 0 Å². The van der Waals surface area contributed by atoms with Crippen molar-refractivity contribution in [2.75, 3.05) is 19.7 Å². The maximum atomic E-state index is 12.0. The second kappa shape index (κ2) is 6.15. The summed E-state index contributed by atoms with van der Waals surface area (Å²) >= 11 is 0. The van der Waals surface area contributed by atoms with E-state index in [1.54, 1.807) is 11.5 Å². The second-order valence-electron chi connectivity index (χ2n) is 4.61. The van der Waals surface area contributed by atoms with Crippen LogP contribution < -0.4 is 5.32 Å². The maximum absolute atomic E-state index is 12.0. The Morgan fingerprint density at radius 2 is 2.15 bits per heavy atom. The number of aromatic nitrogens is 1. The first kappa shape index (κ1) is 15.3. The van der Waals surface area contributed by atoms with E-state index in [1.807, 2.05) is 0 Å². The van der Waals surface area contributed by atoms with Crippen LogP contribution in [0.25, 0.3) is 0 Å². The van der Waals surface area contributed by atoms with Gasteiger partial charge in [0.05, 0.1) is 6.61 Å². The summed E-state index contributed by atoms with van der Waals surface area (Å²) in [5.74, 6) is -0.530. The number of halogens is 1. The Morgan fingerprint density at radius 1 is 1.50 bits per heavy atom. The monoisotopic (exact) mass is 320 g/mol. The molecule has 0 amide bonds. The molecule has 1 saturated heterocycles. The zero-order valence-corrected chi connectivity index (χ0v) is 12.7. The molecule has 0 atom stereocenters. The smallest absolute Gasteiger partial charge is 0.354 e. The lowest BCUT2D eigenvalue weighted by molar-refractivity contribution is 0.0510. The van der Waals surface area contributed by atoms with Gasteiger partial charge in [-0.3, -0.25) is 0 Å². The van der Waals surface area contributed by atoms with Gasteiger partial charge in [-0.2, -0.15) is 0 Å². The summed E-state index contributed by atoms with van der Waals surface area (Å²) in [5.41, 5.74) is 0.234. The molecule has 1 aliphatic heterocycles. The van der Waals surface area contributed by atoms with Gasteiger partial charge in [-0.05, 0) is 38.9 Å². The molecule has 0 bridgehead atoms. The Labute approximate surface area is 122 Å². The van der Waals surface area contributed by atoms with Crippen LogP contribution in [0, 0.1) is 0 Å². The van der Waals surface area contributed by atoms with Crippen molar-refractivity contribution in [3.63, 3.8) is 0 Å². The predicted molar refractivity (Wildman–Crippen MR) is 74.6 cm³/mol. The van der Waals surface area contributed by atoms with E-state index in [9.17, 15) is 13.2 Å². The van der Waals surface area contributed by atoms with Gasteiger partial charge in [0.15, 0.2) is 0 Å². The van der Waals surface area contributed by atoms with Crippen molar-refractivity contribution < 1.29 is 17.9 Å². The van der Waals surface area contributed by atoms with Crippen molar-refractivity contribution in [2.24, 2.45) is 0 Å². The van der Waals surface area contributed by atoms with Crippen molar-refractivity contribution in [1.29, 1.82) is 0 Å². The highest BCUT2D eigenvalue weighted by atomic mass is 35.7. The summed E-state index contributed by atoms with van der Waals surface area (Å²) in [7, 11) is 1.50. The fraction of sp³-hybridized carbons (Fsp3) is 0.583. The van der Waals surface area contributed by atoms with Crippen LogP contribution in [-0.4, -0.2) is 38.7 Å². The van der Waals surface area contributed by atoms with Crippen LogP contribution in [0.3, 0.4) is 0 Å². The summed E-state index contributed by atoms with van der Waals surface area (Å²) < 4.78 is 29.5. The first-order valence-corrected chi connectivity index (χ1v) is 8.78. The summed E-state index contributed by atoms with van der Waals surface area (Å²) in [5, 5.41) is 3.22. The van der Waals surface area contributed by atoms with Crippen molar-refractivity contribution >= 4 is 25.7 Å². The van der Waals surface area contributed by atoms with Crippen LogP contribution in [0.1, 0.15) is 36.3 Å². The minimum Gasteiger partial charge on any atom is -0.461 e. The molecule has 2 heterocycles. The normalized spacial score (nSPS) is 17.1. The standard InChI is InChI=1S/C12H17ClN2O4S/c1-2-19-12(16)11-7-10(20(13,17)18)8-15(11)9-3-5-14-6-4-9/h7-9,14H,2-6H2,1H3. The Balaban J connectivity index is 2.41. The van der Waals surface area contributed by atoms with Gasteiger partial charge in [-0.25, -0.2) is 13.2 Å². The summed E-state index contributed by atoms with van der Waals surface area (Å²) in [4.78, 5) is 11.9. The molecular weight excluding hydrogens is 304 g/mol. The number of carbonyl (C=O) groups is 1. The number of nitrogens with one attached hydrogen (secondary N) is 1. The van der Waals surface area contributed by atoms with Gasteiger partial charge in [0.2, 0.25) is 0 Å². The summed E-state index contributed by atoms with van der Waals surface area (Å²) in [6, 6.07) is 1.35. The lowest BCUT2D eigenvalue weighted by Gasteiger charge is -2.25. The van der Waals surface area contributed by atoms with E-state index in [0.29, 0.717) is 0 Å². The quantitative estimate of drug-likeness (QED) is 0.672. The van der Waals surface area contributed by atoms with E-state index in [-0.39, 0.29) is 23.2 Å². The van der Waals surface area contributed by atoms with Crippen LogP contribution in [0.5, 0.6) is 0 Å². The molecule has 0 aromatic carbocycles. The first-order valence-electron chi connectivity index (χ1n) is 6.48. The first-order chi connectivity index (χ1) is 9.43. The average molecular weight is 321 g/mol. The third-order valence-electron chi connectivity index (χ3n) is 3.29. The topological polar surface area (TPSA) is 77.4 Å². The number of rotatable bonds is 4. The fourth-order valence-electron chi connectivity index (χ4n) is 2.34. The molecule has 0 saturated carbocycles. The molecule has 1 aliphatic rings. The van der Waals surface area contributed by atoms with Crippen molar-refractivity contribution in [3.8, 4) is 0 Å². The van der Waals surface area contributed by atoms with Crippen molar-refractivity contribution in [2.45, 2.75) is 30.7 Å². The molecule has 0 radical (unpaired) electrons. The molecule has 1 aromatic rings. The highest BCUT2D eigenvalue weighted by Gasteiger charge is 2.25. The van der Waals surface area contributed by atoms with Crippen LogP contribution in [0.2, 0.25) is 0 Å². The van der Waals surface area contributed by atoms with E-state index in [4.69, 9.17) is 15.4 Å². The molecule has 112 valence electrons. The summed E-state index contributed by atoms with van der Waals surface area (Å²) in [6.45, 7) is 3.59. The molecule has 1 aromatic heterocycles. The Hall–Kier alpha value is -1.05. The highest BCUT2D eigenvalue weighted by molar-refractivity contribution is 8.13. The van der Waals surface area contributed by atoms with Crippen molar-refractivity contribution in [3.05, 3.63) is 18.0 Å². The Morgan fingerprint density at radius 3 is 2.70 bits per heavy atom. The third-order valence-corrected chi connectivity index (χ3v) is 4.61.